The van der Waals surface area contributed by atoms with Crippen LogP contribution in [0.5, 0.6) is 5.75 Å². The van der Waals surface area contributed by atoms with Gasteiger partial charge in [-0.2, -0.15) is 0 Å². The molecular formula is C31H43ClFNO4. The van der Waals surface area contributed by atoms with Gasteiger partial charge in [-0.25, -0.2) is 4.39 Å². The molecule has 1 unspecified atom stereocenters. The van der Waals surface area contributed by atoms with Crippen molar-refractivity contribution in [2.24, 2.45) is 0 Å². The van der Waals surface area contributed by atoms with Crippen LogP contribution in [0, 0.1) is 12.7 Å². The molecular weight excluding hydrogens is 505 g/mol. The lowest BCUT2D eigenvalue weighted by molar-refractivity contribution is 0.0798. The van der Waals surface area contributed by atoms with Gasteiger partial charge in [0.25, 0.3) is 0 Å². The summed E-state index contributed by atoms with van der Waals surface area (Å²) in [4.78, 5) is 0. The Morgan fingerprint density at radius 3 is 2.24 bits per heavy atom. The summed E-state index contributed by atoms with van der Waals surface area (Å²) in [7, 11) is 2.57. The van der Waals surface area contributed by atoms with Crippen LogP contribution in [0.2, 0.25) is 5.02 Å². The highest BCUT2D eigenvalue weighted by Gasteiger charge is 2.21. The number of hydrogen-bond acceptors (Lipinski definition) is 5. The van der Waals surface area contributed by atoms with Gasteiger partial charge in [0.2, 0.25) is 0 Å². The third-order valence-corrected chi connectivity index (χ3v) is 5.96. The van der Waals surface area contributed by atoms with E-state index in [1.54, 1.807) is 27.0 Å². The van der Waals surface area contributed by atoms with Crippen LogP contribution in [0.25, 0.3) is 11.1 Å². The fourth-order valence-electron chi connectivity index (χ4n) is 3.92. The van der Waals surface area contributed by atoms with Crippen LogP contribution in [0.3, 0.4) is 0 Å². The molecule has 3 aromatic rings. The van der Waals surface area contributed by atoms with E-state index in [4.69, 9.17) is 26.2 Å². The van der Waals surface area contributed by atoms with Crippen molar-refractivity contribution in [3.63, 3.8) is 0 Å². The monoisotopic (exact) mass is 547 g/mol. The molecule has 0 amide bonds. The number of benzene rings is 3. The molecule has 0 heterocycles. The molecule has 3 rings (SSSR count). The largest absolute Gasteiger partial charge is 0.488 e. The topological polar surface area (TPSA) is 71.0 Å². The highest BCUT2D eigenvalue weighted by Crippen LogP contribution is 2.38. The van der Waals surface area contributed by atoms with Gasteiger partial charge in [-0.1, -0.05) is 67.9 Å². The molecule has 0 aromatic heterocycles. The van der Waals surface area contributed by atoms with Crippen molar-refractivity contribution in [2.75, 3.05) is 40.5 Å². The molecule has 0 aliphatic heterocycles. The third kappa shape index (κ3) is 10.0. The maximum absolute atomic E-state index is 15.6. The summed E-state index contributed by atoms with van der Waals surface area (Å²) in [6.45, 7) is 11.1. The van der Waals surface area contributed by atoms with Gasteiger partial charge in [0.15, 0.2) is 11.6 Å². The molecule has 0 saturated heterocycles. The van der Waals surface area contributed by atoms with Crippen molar-refractivity contribution in [3.05, 3.63) is 88.2 Å². The van der Waals surface area contributed by atoms with Crippen molar-refractivity contribution in [1.82, 2.24) is 5.32 Å². The van der Waals surface area contributed by atoms with Crippen molar-refractivity contribution in [2.45, 2.75) is 46.1 Å². The average molecular weight is 548 g/mol. The van der Waals surface area contributed by atoms with Gasteiger partial charge >= 0.3 is 0 Å². The summed E-state index contributed by atoms with van der Waals surface area (Å²) in [5.41, 5.74) is 3.11. The molecule has 0 aliphatic rings. The Balaban J connectivity index is 0.00000172. The van der Waals surface area contributed by atoms with Crippen molar-refractivity contribution in [3.8, 4) is 16.9 Å². The van der Waals surface area contributed by atoms with Gasteiger partial charge in [-0.15, -0.1) is 0 Å². The second-order valence-electron chi connectivity index (χ2n) is 9.06. The second kappa shape index (κ2) is 17.2. The van der Waals surface area contributed by atoms with Crippen molar-refractivity contribution in [1.29, 1.82) is 0 Å². The van der Waals surface area contributed by atoms with Gasteiger partial charge in [0, 0.05) is 49.4 Å². The lowest BCUT2D eigenvalue weighted by Gasteiger charge is -2.24. The van der Waals surface area contributed by atoms with Crippen LogP contribution in [-0.2, 0) is 4.74 Å². The number of ether oxygens (including phenoxy) is 2. The Labute approximate surface area is 232 Å². The number of aliphatic hydroxyl groups is 2. The van der Waals surface area contributed by atoms with E-state index in [0.717, 1.165) is 23.8 Å². The zero-order valence-corrected chi connectivity index (χ0v) is 24.4. The number of hydrogen-bond donors (Lipinski definition) is 3. The smallest absolute Gasteiger partial charge is 0.173 e. The van der Waals surface area contributed by atoms with Gasteiger partial charge < -0.3 is 25.0 Å². The molecule has 0 bridgehead atoms. The van der Waals surface area contributed by atoms with Crippen molar-refractivity contribution >= 4 is 11.6 Å². The normalized spacial score (nSPS) is 11.6. The molecule has 0 saturated carbocycles. The summed E-state index contributed by atoms with van der Waals surface area (Å²) in [5, 5.41) is 21.0. The highest BCUT2D eigenvalue weighted by molar-refractivity contribution is 6.33. The summed E-state index contributed by atoms with van der Waals surface area (Å²) in [6.07, 6.45) is 0. The zero-order valence-electron chi connectivity index (χ0n) is 23.6. The minimum atomic E-state index is -0.824. The van der Waals surface area contributed by atoms with E-state index in [0.29, 0.717) is 35.8 Å². The Bertz CT molecular complexity index is 1090. The molecule has 38 heavy (non-hydrogen) atoms. The number of methoxy groups -OCH3 is 1. The molecule has 210 valence electrons. The average Bonchev–Trinajstić information content (AvgIpc) is 2.91. The lowest BCUT2D eigenvalue weighted by Crippen LogP contribution is -2.36. The Morgan fingerprint density at radius 2 is 1.63 bits per heavy atom. The summed E-state index contributed by atoms with van der Waals surface area (Å²) >= 11 is 6.59. The van der Waals surface area contributed by atoms with E-state index in [9.17, 15) is 5.11 Å². The number of aryl methyl sites for hydroxylation is 1. The van der Waals surface area contributed by atoms with Crippen LogP contribution in [-0.4, -0.2) is 56.3 Å². The summed E-state index contributed by atoms with van der Waals surface area (Å²) < 4.78 is 26.1. The van der Waals surface area contributed by atoms with Crippen LogP contribution in [0.1, 0.15) is 50.3 Å². The quantitative estimate of drug-likeness (QED) is 0.236. The number of aliphatic hydroxyl groups excluding tert-OH is 1. The van der Waals surface area contributed by atoms with E-state index < -0.39 is 11.4 Å². The van der Waals surface area contributed by atoms with Gasteiger partial charge in [-0.05, 0) is 55.7 Å². The van der Waals surface area contributed by atoms with Gasteiger partial charge in [0.05, 0.1) is 12.2 Å². The van der Waals surface area contributed by atoms with E-state index in [2.05, 4.69) is 17.4 Å². The lowest BCUT2D eigenvalue weighted by atomic mass is 9.88. The highest BCUT2D eigenvalue weighted by atomic mass is 35.5. The van der Waals surface area contributed by atoms with Crippen molar-refractivity contribution < 1.29 is 24.1 Å². The third-order valence-electron chi connectivity index (χ3n) is 5.63. The Kier molecular flexibility index (Phi) is 15.2. The fraction of sp³-hybridized carbons (Fsp3) is 0.419. The maximum Gasteiger partial charge on any atom is 0.173 e. The van der Waals surface area contributed by atoms with Crippen LogP contribution >= 0.6 is 11.6 Å². The maximum atomic E-state index is 15.6. The predicted octanol–water partition coefficient (Wildman–Crippen LogP) is 6.61. The minimum Gasteiger partial charge on any atom is -0.488 e. The first-order valence-electron chi connectivity index (χ1n) is 12.8. The molecule has 5 nitrogen and oxygen atoms in total. The van der Waals surface area contributed by atoms with E-state index >= 15 is 4.39 Å². The Morgan fingerprint density at radius 1 is 0.974 bits per heavy atom. The molecule has 3 N–H and O–H groups in total. The first-order chi connectivity index (χ1) is 18.2. The number of halogens is 2. The van der Waals surface area contributed by atoms with Crippen LogP contribution < -0.4 is 10.1 Å². The molecule has 0 spiro atoms. The molecule has 0 fully saturated rings. The fourth-order valence-corrected chi connectivity index (χ4v) is 4.13. The van der Waals surface area contributed by atoms with Crippen LogP contribution in [0.4, 0.5) is 4.39 Å². The first-order valence-corrected chi connectivity index (χ1v) is 13.2. The zero-order chi connectivity index (χ0) is 28.7. The molecule has 0 aliphatic carbocycles. The molecule has 7 heteroatoms. The van der Waals surface area contributed by atoms with Gasteiger partial charge in [-0.3, -0.25) is 0 Å². The number of nitrogens with one attached hydrogen (secondary N) is 1. The second-order valence-corrected chi connectivity index (χ2v) is 9.46. The SMILES string of the molecule is CC.CO.COCCOc1ccc(C)c(-c2cc(C(CNCC(C)(C)O)c3ccccc3)ccc2Cl)c1F. The molecule has 0 radical (unpaired) electrons. The predicted molar refractivity (Wildman–Crippen MR) is 156 cm³/mol. The van der Waals surface area contributed by atoms with E-state index in [1.165, 1.54) is 0 Å². The van der Waals surface area contributed by atoms with E-state index in [1.807, 2.05) is 63.2 Å². The van der Waals surface area contributed by atoms with Gasteiger partial charge in [0.1, 0.15) is 6.61 Å². The number of rotatable bonds is 11. The minimum absolute atomic E-state index is 0.0101. The van der Waals surface area contributed by atoms with E-state index in [-0.39, 0.29) is 18.3 Å². The summed E-state index contributed by atoms with van der Waals surface area (Å²) in [6, 6.07) is 19.3. The standard InChI is InChI=1S/C28H33ClFNO3.C2H6.CH4O/c1-19-10-13-25(34-15-14-33-4)27(30)26(19)22-16-21(11-12-24(22)29)23(17-31-18-28(2,3)32)20-8-6-5-7-9-20;2*1-2/h5-13,16,23,31-32H,14-15,17-18H2,1-4H3;1-2H3;2H,1H3. The molecule has 1 atom stereocenters. The van der Waals surface area contributed by atoms with Crippen LogP contribution in [0.15, 0.2) is 60.7 Å². The summed E-state index contributed by atoms with van der Waals surface area (Å²) in [5.74, 6) is -0.277. The first kappa shape index (κ1) is 33.5. The molecule has 3 aromatic carbocycles. The Hall–Kier alpha value is -2.48.